The van der Waals surface area contributed by atoms with E-state index >= 15 is 0 Å². The van der Waals surface area contributed by atoms with Crippen molar-refractivity contribution in [3.63, 3.8) is 0 Å². The van der Waals surface area contributed by atoms with Crippen LogP contribution in [0.1, 0.15) is 51.9 Å². The second-order valence-electron chi connectivity index (χ2n) is 6.81. The quantitative estimate of drug-likeness (QED) is 0.599. The molecule has 100 valence electrons. The van der Waals surface area contributed by atoms with Gasteiger partial charge in [-0.15, -0.1) is 0 Å². The minimum absolute atomic E-state index is 0.0324. The molecule has 4 bridgehead atoms. The molecular formula is C16H25NO. The van der Waals surface area contributed by atoms with E-state index < -0.39 is 0 Å². The van der Waals surface area contributed by atoms with Crippen LogP contribution in [0.15, 0.2) is 12.2 Å². The van der Waals surface area contributed by atoms with Crippen molar-refractivity contribution < 1.29 is 4.79 Å². The number of rotatable bonds is 4. The Bertz CT molecular complexity index is 323. The van der Waals surface area contributed by atoms with Crippen LogP contribution in [-0.4, -0.2) is 12.5 Å². The highest BCUT2D eigenvalue weighted by atomic mass is 16.2. The Balaban J connectivity index is 1.62. The molecule has 0 aliphatic heterocycles. The molecule has 4 aliphatic rings. The molecule has 0 radical (unpaired) electrons. The summed E-state index contributed by atoms with van der Waals surface area (Å²) in [5, 5.41) is 3.18. The van der Waals surface area contributed by atoms with E-state index in [-0.39, 0.29) is 5.41 Å². The zero-order valence-electron chi connectivity index (χ0n) is 11.5. The van der Waals surface area contributed by atoms with Gasteiger partial charge in [-0.1, -0.05) is 12.2 Å². The van der Waals surface area contributed by atoms with Crippen molar-refractivity contribution in [2.24, 2.45) is 23.2 Å². The van der Waals surface area contributed by atoms with Gasteiger partial charge in [0.15, 0.2) is 0 Å². The Kier molecular flexibility index (Phi) is 3.21. The normalized spacial score (nSPS) is 41.5. The molecule has 0 aromatic carbocycles. The summed E-state index contributed by atoms with van der Waals surface area (Å²) in [5.41, 5.74) is 0.0324. The van der Waals surface area contributed by atoms with Gasteiger partial charge in [0.25, 0.3) is 0 Å². The molecule has 0 aromatic rings. The summed E-state index contributed by atoms with van der Waals surface area (Å²) in [5.74, 6) is 2.94. The fraction of sp³-hybridized carbons (Fsp3) is 0.812. The Labute approximate surface area is 110 Å². The van der Waals surface area contributed by atoms with Crippen LogP contribution in [0.5, 0.6) is 0 Å². The first-order chi connectivity index (χ1) is 8.72. The second kappa shape index (κ2) is 4.71. The highest BCUT2D eigenvalue weighted by Crippen LogP contribution is 2.60. The van der Waals surface area contributed by atoms with Crippen molar-refractivity contribution in [2.75, 3.05) is 6.54 Å². The fourth-order valence-electron chi connectivity index (χ4n) is 5.01. The van der Waals surface area contributed by atoms with E-state index in [0.29, 0.717) is 5.91 Å². The monoisotopic (exact) mass is 247 g/mol. The van der Waals surface area contributed by atoms with Gasteiger partial charge < -0.3 is 5.32 Å². The summed E-state index contributed by atoms with van der Waals surface area (Å²) >= 11 is 0. The summed E-state index contributed by atoms with van der Waals surface area (Å²) in [6, 6.07) is 0. The van der Waals surface area contributed by atoms with E-state index in [9.17, 15) is 4.79 Å². The predicted molar refractivity (Wildman–Crippen MR) is 73.0 cm³/mol. The maximum atomic E-state index is 12.5. The number of hydrogen-bond acceptors (Lipinski definition) is 1. The van der Waals surface area contributed by atoms with Crippen LogP contribution in [0.4, 0.5) is 0 Å². The summed E-state index contributed by atoms with van der Waals surface area (Å²) in [6.07, 6.45) is 12.9. The number of carbonyl (C=O) groups excluding carboxylic acids is 1. The molecule has 4 rings (SSSR count). The highest BCUT2D eigenvalue weighted by Gasteiger charge is 2.54. The van der Waals surface area contributed by atoms with Crippen molar-refractivity contribution in [3.05, 3.63) is 12.2 Å². The largest absolute Gasteiger partial charge is 0.355 e. The number of nitrogens with one attached hydrogen (secondary N) is 1. The van der Waals surface area contributed by atoms with Gasteiger partial charge in [0.2, 0.25) is 5.91 Å². The van der Waals surface area contributed by atoms with Crippen LogP contribution in [0.2, 0.25) is 0 Å². The number of allylic oxidation sites excluding steroid dienone is 1. The standard InChI is InChI=1S/C16H25NO/c1-2-3-4-5-17-15(18)16-9-12-6-13(10-16)8-14(7-12)11-16/h2-3,12-14H,4-11H2,1H3,(H,17,18)/b3-2+. The Morgan fingerprint density at radius 2 is 1.72 bits per heavy atom. The van der Waals surface area contributed by atoms with Crippen LogP contribution < -0.4 is 5.32 Å². The fourth-order valence-corrected chi connectivity index (χ4v) is 5.01. The Hall–Kier alpha value is -0.790. The molecule has 1 amide bonds. The maximum absolute atomic E-state index is 12.5. The summed E-state index contributed by atoms with van der Waals surface area (Å²) < 4.78 is 0. The third kappa shape index (κ3) is 2.10. The lowest BCUT2D eigenvalue weighted by Crippen LogP contribution is -2.53. The van der Waals surface area contributed by atoms with Crippen LogP contribution >= 0.6 is 0 Å². The second-order valence-corrected chi connectivity index (χ2v) is 6.81. The minimum Gasteiger partial charge on any atom is -0.355 e. The van der Waals surface area contributed by atoms with Gasteiger partial charge in [0.05, 0.1) is 0 Å². The lowest BCUT2D eigenvalue weighted by molar-refractivity contribution is -0.146. The van der Waals surface area contributed by atoms with E-state index in [1.54, 1.807) is 0 Å². The molecule has 0 spiro atoms. The first-order valence-corrected chi connectivity index (χ1v) is 7.61. The maximum Gasteiger partial charge on any atom is 0.226 e. The third-order valence-corrected chi connectivity index (χ3v) is 5.35. The smallest absolute Gasteiger partial charge is 0.226 e. The Morgan fingerprint density at radius 3 is 2.22 bits per heavy atom. The van der Waals surface area contributed by atoms with Gasteiger partial charge in [0.1, 0.15) is 0 Å². The van der Waals surface area contributed by atoms with Gasteiger partial charge in [-0.25, -0.2) is 0 Å². The molecule has 0 aromatic heterocycles. The molecular weight excluding hydrogens is 222 g/mol. The molecule has 0 heterocycles. The first-order valence-electron chi connectivity index (χ1n) is 7.61. The molecule has 2 heteroatoms. The van der Waals surface area contributed by atoms with E-state index in [1.165, 1.54) is 38.5 Å². The summed E-state index contributed by atoms with van der Waals surface area (Å²) in [4.78, 5) is 12.5. The van der Waals surface area contributed by atoms with Crippen LogP contribution in [0.3, 0.4) is 0 Å². The first kappa shape index (κ1) is 12.3. The van der Waals surface area contributed by atoms with Gasteiger partial charge in [-0.2, -0.15) is 0 Å². The number of amides is 1. The van der Waals surface area contributed by atoms with Crippen molar-refractivity contribution >= 4 is 5.91 Å². The van der Waals surface area contributed by atoms with E-state index in [0.717, 1.165) is 30.7 Å². The lowest BCUT2D eigenvalue weighted by atomic mass is 9.49. The summed E-state index contributed by atoms with van der Waals surface area (Å²) in [7, 11) is 0. The third-order valence-electron chi connectivity index (χ3n) is 5.35. The van der Waals surface area contributed by atoms with Crippen molar-refractivity contribution in [1.82, 2.24) is 5.32 Å². The van der Waals surface area contributed by atoms with E-state index in [1.807, 2.05) is 6.92 Å². The number of hydrogen-bond donors (Lipinski definition) is 1. The van der Waals surface area contributed by atoms with Crippen LogP contribution in [-0.2, 0) is 4.79 Å². The van der Waals surface area contributed by atoms with Gasteiger partial charge in [-0.05, 0) is 69.6 Å². The molecule has 0 saturated heterocycles. The topological polar surface area (TPSA) is 29.1 Å². The highest BCUT2D eigenvalue weighted by molar-refractivity contribution is 5.83. The van der Waals surface area contributed by atoms with E-state index in [2.05, 4.69) is 17.5 Å². The van der Waals surface area contributed by atoms with Crippen molar-refractivity contribution in [1.29, 1.82) is 0 Å². The minimum atomic E-state index is 0.0324. The van der Waals surface area contributed by atoms with Gasteiger partial charge in [-0.3, -0.25) is 4.79 Å². The molecule has 18 heavy (non-hydrogen) atoms. The molecule has 0 unspecified atom stereocenters. The number of carbonyl (C=O) groups is 1. The van der Waals surface area contributed by atoms with Crippen molar-refractivity contribution in [3.8, 4) is 0 Å². The van der Waals surface area contributed by atoms with Crippen LogP contribution in [0, 0.1) is 23.2 Å². The molecule has 4 saturated carbocycles. The molecule has 0 atom stereocenters. The lowest BCUT2D eigenvalue weighted by Gasteiger charge is -2.55. The molecule has 4 aliphatic carbocycles. The van der Waals surface area contributed by atoms with Gasteiger partial charge >= 0.3 is 0 Å². The average molecular weight is 247 g/mol. The average Bonchev–Trinajstić information content (AvgIpc) is 2.32. The summed E-state index contributed by atoms with van der Waals surface area (Å²) in [6.45, 7) is 2.84. The molecule has 4 fully saturated rings. The zero-order valence-corrected chi connectivity index (χ0v) is 11.5. The van der Waals surface area contributed by atoms with Crippen LogP contribution in [0.25, 0.3) is 0 Å². The SMILES string of the molecule is C/C=C/CCNC(=O)C12CC3CC(CC(C3)C1)C2. The molecule has 1 N–H and O–H groups in total. The zero-order chi connectivity index (χ0) is 12.6. The van der Waals surface area contributed by atoms with E-state index in [4.69, 9.17) is 0 Å². The predicted octanol–water partition coefficient (Wildman–Crippen LogP) is 3.29. The molecule has 2 nitrogen and oxygen atoms in total. The Morgan fingerprint density at radius 1 is 1.17 bits per heavy atom. The van der Waals surface area contributed by atoms with Gasteiger partial charge in [0, 0.05) is 12.0 Å². The van der Waals surface area contributed by atoms with Crippen molar-refractivity contribution in [2.45, 2.75) is 51.9 Å².